The molecule has 3 heteroatoms. The largest absolute Gasteiger partial charge is 0.467 e. The SMILES string of the molecule is CCCCCC#C/C=C/C#CCCCCCC(O)C(=O)OC. The van der Waals surface area contributed by atoms with E-state index in [-0.39, 0.29) is 0 Å². The van der Waals surface area contributed by atoms with Gasteiger partial charge >= 0.3 is 5.97 Å². The van der Waals surface area contributed by atoms with Crippen LogP contribution in [0.1, 0.15) is 64.7 Å². The fraction of sp³-hybridized carbons (Fsp3) is 0.632. The van der Waals surface area contributed by atoms with Gasteiger partial charge in [-0.2, -0.15) is 0 Å². The summed E-state index contributed by atoms with van der Waals surface area (Å²) in [4.78, 5) is 11.0. The van der Waals surface area contributed by atoms with E-state index < -0.39 is 12.1 Å². The van der Waals surface area contributed by atoms with Crippen molar-refractivity contribution in [1.29, 1.82) is 0 Å². The van der Waals surface area contributed by atoms with Crippen LogP contribution in [0.25, 0.3) is 0 Å². The molecule has 122 valence electrons. The number of rotatable bonds is 9. The van der Waals surface area contributed by atoms with Gasteiger partial charge in [0.25, 0.3) is 0 Å². The highest BCUT2D eigenvalue weighted by atomic mass is 16.5. The number of unbranched alkanes of at least 4 members (excludes halogenated alkanes) is 6. The Morgan fingerprint density at radius 2 is 1.64 bits per heavy atom. The second-order valence-electron chi connectivity index (χ2n) is 5.07. The van der Waals surface area contributed by atoms with Gasteiger partial charge in [-0.15, -0.1) is 0 Å². The summed E-state index contributed by atoms with van der Waals surface area (Å²) >= 11 is 0. The van der Waals surface area contributed by atoms with E-state index in [2.05, 4.69) is 35.3 Å². The normalized spacial score (nSPS) is 11.2. The molecular formula is C19H28O3. The Bertz CT molecular complexity index is 429. The molecule has 3 nitrogen and oxygen atoms in total. The van der Waals surface area contributed by atoms with Gasteiger partial charge in [-0.25, -0.2) is 4.79 Å². The summed E-state index contributed by atoms with van der Waals surface area (Å²) in [5.74, 6) is 11.5. The quantitative estimate of drug-likeness (QED) is 0.402. The highest BCUT2D eigenvalue weighted by Gasteiger charge is 2.13. The summed E-state index contributed by atoms with van der Waals surface area (Å²) in [6, 6.07) is 0. The van der Waals surface area contributed by atoms with Gasteiger partial charge in [0.2, 0.25) is 0 Å². The number of methoxy groups -OCH3 is 1. The average molecular weight is 304 g/mol. The van der Waals surface area contributed by atoms with Gasteiger partial charge in [0.05, 0.1) is 7.11 Å². The number of aliphatic hydroxyl groups is 1. The van der Waals surface area contributed by atoms with Gasteiger partial charge in [0.15, 0.2) is 6.10 Å². The lowest BCUT2D eigenvalue weighted by molar-refractivity contribution is -0.150. The van der Waals surface area contributed by atoms with Gasteiger partial charge in [-0.05, 0) is 31.4 Å². The smallest absolute Gasteiger partial charge is 0.334 e. The Kier molecular flexibility index (Phi) is 14.5. The van der Waals surface area contributed by atoms with E-state index in [9.17, 15) is 9.90 Å². The number of aliphatic hydroxyl groups excluding tert-OH is 1. The molecule has 0 radical (unpaired) electrons. The summed E-state index contributed by atoms with van der Waals surface area (Å²) < 4.78 is 4.45. The molecule has 0 spiro atoms. The summed E-state index contributed by atoms with van der Waals surface area (Å²) in [7, 11) is 1.28. The van der Waals surface area contributed by atoms with E-state index in [1.54, 1.807) is 12.2 Å². The Morgan fingerprint density at radius 3 is 2.18 bits per heavy atom. The highest BCUT2D eigenvalue weighted by molar-refractivity contribution is 5.74. The molecule has 0 rings (SSSR count). The summed E-state index contributed by atoms with van der Waals surface area (Å²) in [5.41, 5.74) is 0. The predicted octanol–water partition coefficient (Wildman–Crippen LogP) is 3.61. The molecule has 0 aromatic rings. The molecule has 0 aromatic carbocycles. The van der Waals surface area contributed by atoms with Crippen LogP contribution in [-0.2, 0) is 9.53 Å². The second kappa shape index (κ2) is 15.7. The van der Waals surface area contributed by atoms with Gasteiger partial charge in [0, 0.05) is 12.8 Å². The third kappa shape index (κ3) is 13.3. The van der Waals surface area contributed by atoms with Crippen molar-refractivity contribution < 1.29 is 14.6 Å². The molecule has 0 bridgehead atoms. The fourth-order valence-corrected chi connectivity index (χ4v) is 1.79. The van der Waals surface area contributed by atoms with Crippen molar-refractivity contribution in [1.82, 2.24) is 0 Å². The van der Waals surface area contributed by atoms with Crippen LogP contribution in [0, 0.1) is 23.7 Å². The van der Waals surface area contributed by atoms with Crippen LogP contribution in [0.15, 0.2) is 12.2 Å². The van der Waals surface area contributed by atoms with Crippen LogP contribution in [0.4, 0.5) is 0 Å². The fourth-order valence-electron chi connectivity index (χ4n) is 1.79. The zero-order chi connectivity index (χ0) is 16.5. The molecule has 1 atom stereocenters. The molecule has 0 fully saturated rings. The highest BCUT2D eigenvalue weighted by Crippen LogP contribution is 2.06. The van der Waals surface area contributed by atoms with Crippen LogP contribution in [-0.4, -0.2) is 24.3 Å². The van der Waals surface area contributed by atoms with Crippen LogP contribution in [0.2, 0.25) is 0 Å². The number of ether oxygens (including phenoxy) is 1. The van der Waals surface area contributed by atoms with E-state index in [1.807, 2.05) is 0 Å². The first-order valence-electron chi connectivity index (χ1n) is 8.10. The Labute approximate surface area is 135 Å². The van der Waals surface area contributed by atoms with Crippen molar-refractivity contribution in [2.75, 3.05) is 7.11 Å². The number of hydrogen-bond donors (Lipinski definition) is 1. The molecule has 22 heavy (non-hydrogen) atoms. The van der Waals surface area contributed by atoms with Crippen LogP contribution in [0.3, 0.4) is 0 Å². The molecule has 0 aromatic heterocycles. The van der Waals surface area contributed by atoms with Crippen LogP contribution in [0.5, 0.6) is 0 Å². The molecule has 0 saturated heterocycles. The molecule has 0 aliphatic carbocycles. The predicted molar refractivity (Wildman–Crippen MR) is 89.9 cm³/mol. The van der Waals surface area contributed by atoms with Crippen molar-refractivity contribution in [3.8, 4) is 23.7 Å². The first kappa shape index (κ1) is 20.3. The topological polar surface area (TPSA) is 46.5 Å². The van der Waals surface area contributed by atoms with Crippen LogP contribution < -0.4 is 0 Å². The van der Waals surface area contributed by atoms with E-state index in [0.717, 1.165) is 32.1 Å². The van der Waals surface area contributed by atoms with E-state index in [1.165, 1.54) is 26.4 Å². The standard InChI is InChI=1S/C19H28O3/c1-3-4-5-6-7-8-9-10-11-12-13-14-15-16-17-18(20)19(21)22-2/h9-10,18,20H,3-6,13-17H2,1-2H3/b10-9+. The van der Waals surface area contributed by atoms with Crippen molar-refractivity contribution in [3.05, 3.63) is 12.2 Å². The third-order valence-corrected chi connectivity index (χ3v) is 3.11. The van der Waals surface area contributed by atoms with Crippen molar-refractivity contribution in [2.24, 2.45) is 0 Å². The maximum absolute atomic E-state index is 11.0. The van der Waals surface area contributed by atoms with Gasteiger partial charge in [0.1, 0.15) is 0 Å². The maximum atomic E-state index is 11.0. The Morgan fingerprint density at radius 1 is 1.05 bits per heavy atom. The van der Waals surface area contributed by atoms with Crippen molar-refractivity contribution in [3.63, 3.8) is 0 Å². The molecule has 1 N–H and O–H groups in total. The molecule has 0 saturated carbocycles. The van der Waals surface area contributed by atoms with Crippen molar-refractivity contribution >= 4 is 5.97 Å². The van der Waals surface area contributed by atoms with E-state index in [0.29, 0.717) is 6.42 Å². The third-order valence-electron chi connectivity index (χ3n) is 3.11. The maximum Gasteiger partial charge on any atom is 0.334 e. The number of esters is 1. The van der Waals surface area contributed by atoms with Gasteiger partial charge < -0.3 is 9.84 Å². The summed E-state index contributed by atoms with van der Waals surface area (Å²) in [5, 5.41) is 9.38. The summed E-state index contributed by atoms with van der Waals surface area (Å²) in [6.45, 7) is 2.18. The molecule has 1 unspecified atom stereocenters. The van der Waals surface area contributed by atoms with E-state index in [4.69, 9.17) is 0 Å². The van der Waals surface area contributed by atoms with Crippen LogP contribution >= 0.6 is 0 Å². The first-order valence-corrected chi connectivity index (χ1v) is 8.10. The first-order chi connectivity index (χ1) is 10.7. The minimum absolute atomic E-state index is 0.452. The summed E-state index contributed by atoms with van der Waals surface area (Å²) in [6.07, 6.45) is 11.2. The zero-order valence-corrected chi connectivity index (χ0v) is 13.9. The lowest BCUT2D eigenvalue weighted by Gasteiger charge is -2.06. The Hall–Kier alpha value is -1.71. The number of allylic oxidation sites excluding steroid dienone is 2. The number of carbonyl (C=O) groups excluding carboxylic acids is 1. The number of hydrogen-bond acceptors (Lipinski definition) is 3. The number of carbonyl (C=O) groups is 1. The lowest BCUT2D eigenvalue weighted by atomic mass is 10.1. The Balaban J connectivity index is 3.54. The second-order valence-corrected chi connectivity index (χ2v) is 5.07. The minimum Gasteiger partial charge on any atom is -0.467 e. The monoisotopic (exact) mass is 304 g/mol. The molecule has 0 amide bonds. The van der Waals surface area contributed by atoms with E-state index >= 15 is 0 Å². The van der Waals surface area contributed by atoms with Crippen molar-refractivity contribution in [2.45, 2.75) is 70.8 Å². The molecule has 0 aliphatic rings. The zero-order valence-electron chi connectivity index (χ0n) is 13.9. The molecular weight excluding hydrogens is 276 g/mol. The van der Waals surface area contributed by atoms with Gasteiger partial charge in [-0.1, -0.05) is 56.3 Å². The molecule has 0 aliphatic heterocycles. The average Bonchev–Trinajstić information content (AvgIpc) is 2.54. The molecule has 0 heterocycles. The minimum atomic E-state index is -0.991. The lowest BCUT2D eigenvalue weighted by Crippen LogP contribution is -2.21. The van der Waals surface area contributed by atoms with Gasteiger partial charge in [-0.3, -0.25) is 0 Å².